The average Bonchev–Trinajstić information content (AvgIpc) is 3.22. The SMILES string of the molecule is Cc1ccc(C)c(-c2cc(C(=O)N(CCC(=O)NCC3CC3)CC3CCCO3)no2)c1. The first kappa shape index (κ1) is 21.6. The summed E-state index contributed by atoms with van der Waals surface area (Å²) in [5, 5.41) is 7.01. The molecule has 2 heterocycles. The van der Waals surface area contributed by atoms with E-state index in [1.807, 2.05) is 32.0 Å². The molecule has 0 spiro atoms. The highest BCUT2D eigenvalue weighted by Crippen LogP contribution is 2.28. The molecule has 1 aromatic carbocycles. The van der Waals surface area contributed by atoms with Crippen molar-refractivity contribution in [2.24, 2.45) is 5.92 Å². The third-order valence-electron chi connectivity index (χ3n) is 6.02. The molecule has 0 bridgehead atoms. The second-order valence-electron chi connectivity index (χ2n) is 8.78. The summed E-state index contributed by atoms with van der Waals surface area (Å²) in [4.78, 5) is 27.1. The molecular weight excluding hydrogens is 394 g/mol. The predicted octanol–water partition coefficient (Wildman–Crippen LogP) is 3.50. The Morgan fingerprint density at radius 2 is 2.03 bits per heavy atom. The number of aryl methyl sites for hydroxylation is 2. The monoisotopic (exact) mass is 425 g/mol. The van der Waals surface area contributed by atoms with Crippen molar-refractivity contribution >= 4 is 11.8 Å². The number of benzene rings is 1. The number of hydrogen-bond acceptors (Lipinski definition) is 5. The van der Waals surface area contributed by atoms with Crippen molar-refractivity contribution in [3.8, 4) is 11.3 Å². The molecule has 166 valence electrons. The van der Waals surface area contributed by atoms with Gasteiger partial charge in [-0.3, -0.25) is 9.59 Å². The minimum Gasteiger partial charge on any atom is -0.376 e. The number of carbonyl (C=O) groups is 2. The second kappa shape index (κ2) is 9.64. The van der Waals surface area contributed by atoms with E-state index in [1.54, 1.807) is 11.0 Å². The van der Waals surface area contributed by atoms with Crippen LogP contribution in [0.4, 0.5) is 0 Å². The van der Waals surface area contributed by atoms with Crippen molar-refractivity contribution < 1.29 is 18.8 Å². The molecule has 1 N–H and O–H groups in total. The Bertz CT molecular complexity index is 929. The quantitative estimate of drug-likeness (QED) is 0.665. The van der Waals surface area contributed by atoms with E-state index in [-0.39, 0.29) is 30.0 Å². The summed E-state index contributed by atoms with van der Waals surface area (Å²) in [6.07, 6.45) is 4.58. The van der Waals surface area contributed by atoms with Gasteiger partial charge in [-0.1, -0.05) is 22.9 Å². The lowest BCUT2D eigenvalue weighted by molar-refractivity contribution is -0.121. The van der Waals surface area contributed by atoms with Gasteiger partial charge in [0.25, 0.3) is 5.91 Å². The highest BCUT2D eigenvalue weighted by Gasteiger charge is 2.27. The van der Waals surface area contributed by atoms with Crippen molar-refractivity contribution in [2.45, 2.75) is 52.1 Å². The molecule has 1 saturated heterocycles. The molecule has 1 saturated carbocycles. The molecule has 2 aliphatic rings. The van der Waals surface area contributed by atoms with Crippen LogP contribution < -0.4 is 5.32 Å². The predicted molar refractivity (Wildman–Crippen MR) is 117 cm³/mol. The summed E-state index contributed by atoms with van der Waals surface area (Å²) < 4.78 is 11.2. The molecule has 4 rings (SSSR count). The first-order chi connectivity index (χ1) is 15.0. The third-order valence-corrected chi connectivity index (χ3v) is 6.02. The molecule has 7 heteroatoms. The number of amides is 2. The normalized spacial score (nSPS) is 18.2. The summed E-state index contributed by atoms with van der Waals surface area (Å²) in [7, 11) is 0. The average molecular weight is 426 g/mol. The third kappa shape index (κ3) is 5.73. The number of nitrogens with zero attached hydrogens (tertiary/aromatic N) is 2. The van der Waals surface area contributed by atoms with E-state index in [1.165, 1.54) is 12.8 Å². The highest BCUT2D eigenvalue weighted by molar-refractivity contribution is 5.93. The molecule has 2 amide bonds. The summed E-state index contributed by atoms with van der Waals surface area (Å²) in [5.74, 6) is 0.954. The number of rotatable bonds is 9. The van der Waals surface area contributed by atoms with Crippen LogP contribution in [-0.4, -0.2) is 54.2 Å². The number of carbonyl (C=O) groups excluding carboxylic acids is 2. The van der Waals surface area contributed by atoms with E-state index in [0.29, 0.717) is 24.8 Å². The molecule has 0 radical (unpaired) electrons. The van der Waals surface area contributed by atoms with Gasteiger partial charge < -0.3 is 19.5 Å². The Morgan fingerprint density at radius 3 is 2.77 bits per heavy atom. The minimum absolute atomic E-state index is 0.00358. The Kier molecular flexibility index (Phi) is 6.70. The lowest BCUT2D eigenvalue weighted by atomic mass is 10.0. The molecule has 2 fully saturated rings. The number of aromatic nitrogens is 1. The zero-order valence-corrected chi connectivity index (χ0v) is 18.4. The Hall–Kier alpha value is -2.67. The van der Waals surface area contributed by atoms with E-state index in [4.69, 9.17) is 9.26 Å². The van der Waals surface area contributed by atoms with E-state index in [0.717, 1.165) is 42.7 Å². The van der Waals surface area contributed by atoms with E-state index >= 15 is 0 Å². The first-order valence-electron chi connectivity index (χ1n) is 11.2. The number of nitrogens with one attached hydrogen (secondary N) is 1. The number of hydrogen-bond donors (Lipinski definition) is 1. The topological polar surface area (TPSA) is 84.7 Å². The zero-order chi connectivity index (χ0) is 21.8. The van der Waals surface area contributed by atoms with Crippen LogP contribution >= 0.6 is 0 Å². The van der Waals surface area contributed by atoms with E-state index in [2.05, 4.69) is 10.5 Å². The van der Waals surface area contributed by atoms with Crippen molar-refractivity contribution in [2.75, 3.05) is 26.2 Å². The van der Waals surface area contributed by atoms with Crippen LogP contribution in [0.1, 0.15) is 53.7 Å². The molecule has 1 unspecified atom stereocenters. The highest BCUT2D eigenvalue weighted by atomic mass is 16.5. The van der Waals surface area contributed by atoms with Gasteiger partial charge >= 0.3 is 0 Å². The largest absolute Gasteiger partial charge is 0.376 e. The molecule has 1 aromatic heterocycles. The molecule has 7 nitrogen and oxygen atoms in total. The van der Waals surface area contributed by atoms with Crippen LogP contribution in [0.15, 0.2) is 28.8 Å². The maximum absolute atomic E-state index is 13.2. The van der Waals surface area contributed by atoms with Gasteiger partial charge in [-0.25, -0.2) is 0 Å². The molecule has 31 heavy (non-hydrogen) atoms. The zero-order valence-electron chi connectivity index (χ0n) is 18.4. The van der Waals surface area contributed by atoms with Gasteiger partial charge in [-0.2, -0.15) is 0 Å². The fourth-order valence-corrected chi connectivity index (χ4v) is 3.88. The van der Waals surface area contributed by atoms with Gasteiger partial charge in [0.15, 0.2) is 11.5 Å². The lowest BCUT2D eigenvalue weighted by Gasteiger charge is -2.24. The second-order valence-corrected chi connectivity index (χ2v) is 8.78. The van der Waals surface area contributed by atoms with Crippen molar-refractivity contribution in [3.05, 3.63) is 41.1 Å². The minimum atomic E-state index is -0.231. The molecule has 1 aliphatic carbocycles. The van der Waals surface area contributed by atoms with Gasteiger partial charge in [0.05, 0.1) is 6.10 Å². The van der Waals surface area contributed by atoms with Gasteiger partial charge in [0.2, 0.25) is 5.91 Å². The fraction of sp³-hybridized carbons (Fsp3) is 0.542. The Balaban J connectivity index is 1.44. The van der Waals surface area contributed by atoms with Crippen LogP contribution in [0.25, 0.3) is 11.3 Å². The fourth-order valence-electron chi connectivity index (χ4n) is 3.88. The van der Waals surface area contributed by atoms with Gasteiger partial charge in [-0.05, 0) is 57.1 Å². The summed E-state index contributed by atoms with van der Waals surface area (Å²) in [6, 6.07) is 7.79. The maximum atomic E-state index is 13.2. The molecule has 1 atom stereocenters. The van der Waals surface area contributed by atoms with Crippen LogP contribution in [0, 0.1) is 19.8 Å². The smallest absolute Gasteiger partial charge is 0.276 e. The molecule has 1 aliphatic heterocycles. The first-order valence-corrected chi connectivity index (χ1v) is 11.2. The number of ether oxygens (including phenoxy) is 1. The van der Waals surface area contributed by atoms with Crippen molar-refractivity contribution in [3.63, 3.8) is 0 Å². The van der Waals surface area contributed by atoms with Crippen LogP contribution in [0.2, 0.25) is 0 Å². The standard InChI is InChI=1S/C24H31N3O4/c1-16-5-6-17(2)20(12-16)22-13-21(26-31-22)24(29)27(15-19-4-3-11-30-19)10-9-23(28)25-14-18-7-8-18/h5-6,12-13,18-19H,3-4,7-11,14-15H2,1-2H3,(H,25,28). The summed E-state index contributed by atoms with van der Waals surface area (Å²) >= 11 is 0. The van der Waals surface area contributed by atoms with Crippen LogP contribution in [0.3, 0.4) is 0 Å². The summed E-state index contributed by atoms with van der Waals surface area (Å²) in [5.41, 5.74) is 3.36. The lowest BCUT2D eigenvalue weighted by Crippen LogP contribution is -2.40. The van der Waals surface area contributed by atoms with Gasteiger partial charge in [0, 0.05) is 44.3 Å². The van der Waals surface area contributed by atoms with Crippen molar-refractivity contribution in [1.82, 2.24) is 15.4 Å². The Labute approximate surface area is 183 Å². The van der Waals surface area contributed by atoms with E-state index < -0.39 is 0 Å². The van der Waals surface area contributed by atoms with Crippen LogP contribution in [0.5, 0.6) is 0 Å². The molecular formula is C24H31N3O4. The van der Waals surface area contributed by atoms with Gasteiger partial charge in [-0.15, -0.1) is 0 Å². The van der Waals surface area contributed by atoms with E-state index in [9.17, 15) is 9.59 Å². The maximum Gasteiger partial charge on any atom is 0.276 e. The summed E-state index contributed by atoms with van der Waals surface area (Å²) in [6.45, 7) is 6.27. The van der Waals surface area contributed by atoms with Crippen molar-refractivity contribution in [1.29, 1.82) is 0 Å². The van der Waals surface area contributed by atoms with Crippen LogP contribution in [-0.2, 0) is 9.53 Å². The Morgan fingerprint density at radius 1 is 1.19 bits per heavy atom. The van der Waals surface area contributed by atoms with Gasteiger partial charge in [0.1, 0.15) is 0 Å². The molecule has 2 aromatic rings.